The first-order chi connectivity index (χ1) is 19.1. The molecule has 0 saturated heterocycles. The van der Waals surface area contributed by atoms with Crippen LogP contribution in [-0.2, 0) is 22.5 Å². The van der Waals surface area contributed by atoms with Crippen molar-refractivity contribution in [3.63, 3.8) is 0 Å². The number of methoxy groups -OCH3 is 1. The molecule has 4 rings (SSSR count). The molecule has 0 aliphatic rings. The first kappa shape index (κ1) is 27.6. The Balaban J connectivity index is 1.31. The van der Waals surface area contributed by atoms with Crippen molar-refractivity contribution in [3.05, 3.63) is 131 Å². The lowest BCUT2D eigenvalue weighted by atomic mass is 10.00. The van der Waals surface area contributed by atoms with Crippen molar-refractivity contribution in [2.75, 3.05) is 25.6 Å². The minimum atomic E-state index is -0.665. The van der Waals surface area contributed by atoms with E-state index in [2.05, 4.69) is 22.8 Å². The average molecular weight is 523 g/mol. The normalized spacial score (nSPS) is 11.4. The van der Waals surface area contributed by atoms with Crippen molar-refractivity contribution in [3.8, 4) is 5.75 Å². The molecule has 0 unspecified atom stereocenters. The van der Waals surface area contributed by atoms with Crippen LogP contribution < -0.4 is 15.4 Å². The molecule has 0 bridgehead atoms. The molecule has 0 radical (unpaired) electrons. The Hall–Kier alpha value is -4.42. The molecule has 1 atom stereocenters. The fraction of sp³-hybridized carbons (Fsp3) is 0.212. The molecule has 4 aromatic carbocycles. The second-order valence-electron chi connectivity index (χ2n) is 9.17. The van der Waals surface area contributed by atoms with Crippen LogP contribution in [0, 0.1) is 0 Å². The zero-order valence-electron chi connectivity index (χ0n) is 22.1. The van der Waals surface area contributed by atoms with Crippen molar-refractivity contribution in [1.29, 1.82) is 0 Å². The number of ether oxygens (including phenoxy) is 2. The number of ketones is 1. The van der Waals surface area contributed by atoms with Crippen LogP contribution in [0.15, 0.2) is 109 Å². The van der Waals surface area contributed by atoms with Gasteiger partial charge in [0.25, 0.3) is 0 Å². The number of nitrogens with one attached hydrogen (secondary N) is 2. The maximum absolute atomic E-state index is 13.1. The van der Waals surface area contributed by atoms with Crippen LogP contribution in [0.5, 0.6) is 5.75 Å². The summed E-state index contributed by atoms with van der Waals surface area (Å²) in [5.41, 5.74) is 3.88. The zero-order valence-corrected chi connectivity index (χ0v) is 22.1. The van der Waals surface area contributed by atoms with E-state index < -0.39 is 12.0 Å². The van der Waals surface area contributed by atoms with Gasteiger partial charge in [0.2, 0.25) is 0 Å². The molecule has 0 amide bonds. The van der Waals surface area contributed by atoms with Crippen LogP contribution in [0.25, 0.3) is 0 Å². The third kappa shape index (κ3) is 8.28. The number of rotatable bonds is 14. The quantitative estimate of drug-likeness (QED) is 0.126. The van der Waals surface area contributed by atoms with Crippen molar-refractivity contribution in [2.45, 2.75) is 25.4 Å². The molecular formula is C33H34N2O4. The maximum Gasteiger partial charge on any atom is 0.328 e. The number of anilines is 1. The lowest BCUT2D eigenvalue weighted by Gasteiger charge is -2.20. The third-order valence-electron chi connectivity index (χ3n) is 6.32. The molecule has 39 heavy (non-hydrogen) atoms. The molecule has 200 valence electrons. The minimum absolute atomic E-state index is 0.112. The lowest BCUT2D eigenvalue weighted by Crippen LogP contribution is -2.33. The fourth-order valence-corrected chi connectivity index (χ4v) is 4.25. The van der Waals surface area contributed by atoms with E-state index in [4.69, 9.17) is 9.47 Å². The first-order valence-corrected chi connectivity index (χ1v) is 13.1. The number of para-hydroxylation sites is 1. The first-order valence-electron chi connectivity index (χ1n) is 13.1. The van der Waals surface area contributed by atoms with E-state index in [0.717, 1.165) is 30.8 Å². The predicted molar refractivity (Wildman–Crippen MR) is 154 cm³/mol. The Morgan fingerprint density at radius 2 is 1.44 bits per heavy atom. The molecule has 0 aliphatic heterocycles. The van der Waals surface area contributed by atoms with Gasteiger partial charge >= 0.3 is 5.97 Å². The summed E-state index contributed by atoms with van der Waals surface area (Å²) in [6.45, 7) is 2.32. The standard InChI is InChI=1S/C33H34N2O4/c1-38-33(37)31(35-30-16-9-8-15-29(30)32(36)27-13-6-3-7-14-27)23-25-17-19-28(20-18-25)39-22-10-21-34-24-26-11-4-2-5-12-26/h2-9,11-20,31,34-35H,10,21-24H2,1H3/t31-/m0/s1. The van der Waals surface area contributed by atoms with E-state index in [0.29, 0.717) is 29.8 Å². The number of benzene rings is 4. The molecule has 6 heteroatoms. The van der Waals surface area contributed by atoms with Crippen LogP contribution in [-0.4, -0.2) is 38.1 Å². The monoisotopic (exact) mass is 522 g/mol. The van der Waals surface area contributed by atoms with Crippen molar-refractivity contribution >= 4 is 17.4 Å². The summed E-state index contributed by atoms with van der Waals surface area (Å²) in [6.07, 6.45) is 1.29. The average Bonchev–Trinajstić information content (AvgIpc) is 3.00. The van der Waals surface area contributed by atoms with Crippen molar-refractivity contribution in [1.82, 2.24) is 5.32 Å². The number of hydrogen-bond acceptors (Lipinski definition) is 6. The zero-order chi connectivity index (χ0) is 27.3. The number of hydrogen-bond donors (Lipinski definition) is 2. The Morgan fingerprint density at radius 1 is 0.769 bits per heavy atom. The topological polar surface area (TPSA) is 76.7 Å². The van der Waals surface area contributed by atoms with Crippen molar-refractivity contribution in [2.24, 2.45) is 0 Å². The maximum atomic E-state index is 13.1. The van der Waals surface area contributed by atoms with Gasteiger partial charge in [0, 0.05) is 29.8 Å². The smallest absolute Gasteiger partial charge is 0.328 e. The number of carbonyl (C=O) groups is 2. The lowest BCUT2D eigenvalue weighted by molar-refractivity contribution is -0.141. The van der Waals surface area contributed by atoms with Gasteiger partial charge in [-0.1, -0.05) is 84.9 Å². The summed E-state index contributed by atoms with van der Waals surface area (Å²) < 4.78 is 10.9. The molecule has 0 aromatic heterocycles. The van der Waals surface area contributed by atoms with E-state index >= 15 is 0 Å². The summed E-state index contributed by atoms with van der Waals surface area (Å²) in [6, 6.07) is 33.7. The summed E-state index contributed by atoms with van der Waals surface area (Å²) >= 11 is 0. The fourth-order valence-electron chi connectivity index (χ4n) is 4.25. The summed E-state index contributed by atoms with van der Waals surface area (Å²) in [5.74, 6) is 0.266. The molecule has 6 nitrogen and oxygen atoms in total. The van der Waals surface area contributed by atoms with E-state index in [1.54, 1.807) is 24.3 Å². The van der Waals surface area contributed by atoms with Gasteiger partial charge in [0.1, 0.15) is 11.8 Å². The summed E-state index contributed by atoms with van der Waals surface area (Å²) in [5, 5.41) is 6.67. The van der Waals surface area contributed by atoms with E-state index in [-0.39, 0.29) is 5.78 Å². The highest BCUT2D eigenvalue weighted by Gasteiger charge is 2.22. The number of carbonyl (C=O) groups excluding carboxylic acids is 2. The van der Waals surface area contributed by atoms with Crippen LogP contribution in [0.4, 0.5) is 5.69 Å². The minimum Gasteiger partial charge on any atom is -0.494 e. The molecular weight excluding hydrogens is 488 g/mol. The Kier molecular flexibility index (Phi) is 10.3. The second kappa shape index (κ2) is 14.5. The van der Waals surface area contributed by atoms with Gasteiger partial charge in [-0.15, -0.1) is 0 Å². The third-order valence-corrected chi connectivity index (χ3v) is 6.32. The highest BCUT2D eigenvalue weighted by atomic mass is 16.5. The molecule has 2 N–H and O–H groups in total. The largest absolute Gasteiger partial charge is 0.494 e. The van der Waals surface area contributed by atoms with Crippen LogP contribution in [0.2, 0.25) is 0 Å². The van der Waals surface area contributed by atoms with Gasteiger partial charge in [-0.3, -0.25) is 4.79 Å². The van der Waals surface area contributed by atoms with Crippen LogP contribution in [0.1, 0.15) is 33.5 Å². The molecule has 0 fully saturated rings. The van der Waals surface area contributed by atoms with Gasteiger partial charge < -0.3 is 20.1 Å². The molecule has 0 aliphatic carbocycles. The van der Waals surface area contributed by atoms with Gasteiger partial charge in [0.05, 0.1) is 13.7 Å². The van der Waals surface area contributed by atoms with Gasteiger partial charge in [0.15, 0.2) is 5.78 Å². The molecule has 0 spiro atoms. The Bertz CT molecular complexity index is 1320. The van der Waals surface area contributed by atoms with Crippen molar-refractivity contribution < 1.29 is 19.1 Å². The number of esters is 1. The van der Waals surface area contributed by atoms with Crippen LogP contribution >= 0.6 is 0 Å². The molecule has 4 aromatic rings. The Labute approximate surface area is 230 Å². The highest BCUT2D eigenvalue weighted by molar-refractivity contribution is 6.12. The SMILES string of the molecule is COC(=O)[C@H](Cc1ccc(OCCCNCc2ccccc2)cc1)Nc1ccccc1C(=O)c1ccccc1. The van der Waals surface area contributed by atoms with Gasteiger partial charge in [-0.2, -0.15) is 0 Å². The highest BCUT2D eigenvalue weighted by Crippen LogP contribution is 2.22. The van der Waals surface area contributed by atoms with E-state index in [1.807, 2.05) is 72.8 Å². The van der Waals surface area contributed by atoms with Crippen LogP contribution in [0.3, 0.4) is 0 Å². The summed E-state index contributed by atoms with van der Waals surface area (Å²) in [4.78, 5) is 25.8. The molecule has 0 saturated carbocycles. The van der Waals surface area contributed by atoms with Gasteiger partial charge in [-0.05, 0) is 48.4 Å². The molecule has 0 heterocycles. The Morgan fingerprint density at radius 3 is 2.15 bits per heavy atom. The van der Waals surface area contributed by atoms with E-state index in [1.165, 1.54) is 12.7 Å². The second-order valence-corrected chi connectivity index (χ2v) is 9.17. The van der Waals surface area contributed by atoms with Gasteiger partial charge in [-0.25, -0.2) is 4.79 Å². The van der Waals surface area contributed by atoms with E-state index in [9.17, 15) is 9.59 Å². The summed E-state index contributed by atoms with van der Waals surface area (Å²) in [7, 11) is 1.36. The predicted octanol–water partition coefficient (Wildman–Crippen LogP) is 5.67.